The van der Waals surface area contributed by atoms with E-state index < -0.39 is 16.3 Å². The molecule has 1 aliphatic heterocycles. The Morgan fingerprint density at radius 1 is 1.38 bits per heavy atom. The van der Waals surface area contributed by atoms with Gasteiger partial charge in [0.2, 0.25) is 0 Å². The number of methoxy groups -OCH3 is 2. The number of rotatable bonds is 8. The molecule has 1 fully saturated rings. The Hall–Kier alpha value is -0.740. The largest absolute Gasteiger partial charge is 0.469 e. The van der Waals surface area contributed by atoms with E-state index in [1.54, 1.807) is 0 Å². The number of nitrogens with one attached hydrogen (secondary N) is 1. The number of esters is 1. The SMILES string of the molecule is COCC(CCO)NS(=O)(=O)N1CCC(C(=O)OC)CC1. The summed E-state index contributed by atoms with van der Waals surface area (Å²) in [5.74, 6) is -0.536. The first kappa shape index (κ1) is 18.3. The number of carbonyl (C=O) groups is 1. The van der Waals surface area contributed by atoms with Gasteiger partial charge in [-0.25, -0.2) is 0 Å². The highest BCUT2D eigenvalue weighted by Gasteiger charge is 2.32. The lowest BCUT2D eigenvalue weighted by Gasteiger charge is -2.31. The van der Waals surface area contributed by atoms with E-state index in [0.717, 1.165) is 0 Å². The topological polar surface area (TPSA) is 105 Å². The van der Waals surface area contributed by atoms with Crippen LogP contribution in [-0.4, -0.2) is 70.4 Å². The summed E-state index contributed by atoms with van der Waals surface area (Å²) < 4.78 is 37.9. The molecule has 1 heterocycles. The van der Waals surface area contributed by atoms with Crippen molar-refractivity contribution in [1.82, 2.24) is 9.03 Å². The van der Waals surface area contributed by atoms with Crippen molar-refractivity contribution < 1.29 is 27.8 Å². The zero-order chi connectivity index (χ0) is 15.9. The molecule has 0 amide bonds. The Balaban J connectivity index is 2.57. The maximum absolute atomic E-state index is 12.3. The van der Waals surface area contributed by atoms with Crippen molar-refractivity contribution in [2.24, 2.45) is 5.92 Å². The minimum absolute atomic E-state index is 0.124. The standard InChI is InChI=1S/C12H24N2O6S/c1-19-9-11(5-8-15)13-21(17,18)14-6-3-10(4-7-14)12(16)20-2/h10-11,13,15H,3-9H2,1-2H3. The number of ether oxygens (including phenoxy) is 2. The first-order chi connectivity index (χ1) is 9.94. The van der Waals surface area contributed by atoms with E-state index in [4.69, 9.17) is 9.84 Å². The third-order valence-corrected chi connectivity index (χ3v) is 5.17. The summed E-state index contributed by atoms with van der Waals surface area (Å²) in [7, 11) is -0.839. The van der Waals surface area contributed by atoms with Crippen molar-refractivity contribution in [3.05, 3.63) is 0 Å². The van der Waals surface area contributed by atoms with Gasteiger partial charge in [-0.05, 0) is 19.3 Å². The van der Waals surface area contributed by atoms with Crippen LogP contribution in [0.1, 0.15) is 19.3 Å². The van der Waals surface area contributed by atoms with Crippen molar-refractivity contribution in [2.75, 3.05) is 40.5 Å². The van der Waals surface area contributed by atoms with Crippen LogP contribution < -0.4 is 4.72 Å². The average molecular weight is 324 g/mol. The van der Waals surface area contributed by atoms with Crippen LogP contribution in [0, 0.1) is 5.92 Å². The van der Waals surface area contributed by atoms with Gasteiger partial charge in [-0.3, -0.25) is 4.79 Å². The number of piperidine rings is 1. The molecule has 1 atom stereocenters. The van der Waals surface area contributed by atoms with Crippen LogP contribution in [0.5, 0.6) is 0 Å². The molecule has 0 spiro atoms. The fraction of sp³-hybridized carbons (Fsp3) is 0.917. The lowest BCUT2D eigenvalue weighted by Crippen LogP contribution is -2.50. The second-order valence-electron chi connectivity index (χ2n) is 4.98. The molecule has 0 radical (unpaired) electrons. The molecule has 1 saturated heterocycles. The molecule has 0 aromatic carbocycles. The zero-order valence-corrected chi connectivity index (χ0v) is 13.3. The minimum atomic E-state index is -3.64. The highest BCUT2D eigenvalue weighted by molar-refractivity contribution is 7.87. The van der Waals surface area contributed by atoms with Crippen LogP contribution in [0.2, 0.25) is 0 Å². The molecule has 21 heavy (non-hydrogen) atoms. The van der Waals surface area contributed by atoms with Gasteiger partial charge in [0.25, 0.3) is 10.2 Å². The van der Waals surface area contributed by atoms with Crippen LogP contribution in [0.4, 0.5) is 0 Å². The summed E-state index contributed by atoms with van der Waals surface area (Å²) in [5, 5.41) is 8.94. The van der Waals surface area contributed by atoms with Gasteiger partial charge in [0.15, 0.2) is 0 Å². The first-order valence-corrected chi connectivity index (χ1v) is 8.33. The third kappa shape index (κ3) is 5.51. The lowest BCUT2D eigenvalue weighted by atomic mass is 9.99. The first-order valence-electron chi connectivity index (χ1n) is 6.89. The Kier molecular flexibility index (Phi) is 7.53. The normalized spacial score (nSPS) is 19.4. The Morgan fingerprint density at radius 2 is 2.00 bits per heavy atom. The van der Waals surface area contributed by atoms with E-state index in [1.807, 2.05) is 0 Å². The van der Waals surface area contributed by atoms with Crippen LogP contribution in [0.15, 0.2) is 0 Å². The lowest BCUT2D eigenvalue weighted by molar-refractivity contribution is -0.146. The fourth-order valence-corrected chi connectivity index (χ4v) is 3.76. The zero-order valence-electron chi connectivity index (χ0n) is 12.4. The number of hydrogen-bond acceptors (Lipinski definition) is 6. The number of aliphatic hydroxyl groups is 1. The van der Waals surface area contributed by atoms with E-state index in [2.05, 4.69) is 9.46 Å². The number of aliphatic hydroxyl groups excluding tert-OH is 1. The minimum Gasteiger partial charge on any atom is -0.469 e. The van der Waals surface area contributed by atoms with Gasteiger partial charge in [-0.1, -0.05) is 0 Å². The number of carbonyl (C=O) groups excluding carboxylic acids is 1. The van der Waals surface area contributed by atoms with Crippen molar-refractivity contribution in [1.29, 1.82) is 0 Å². The fourth-order valence-electron chi connectivity index (χ4n) is 2.32. The van der Waals surface area contributed by atoms with Gasteiger partial charge < -0.3 is 14.6 Å². The van der Waals surface area contributed by atoms with Crippen molar-refractivity contribution in [3.63, 3.8) is 0 Å². The summed E-state index contributed by atoms with van der Waals surface area (Å²) in [5.41, 5.74) is 0. The molecule has 9 heteroatoms. The van der Waals surface area contributed by atoms with Gasteiger partial charge in [-0.2, -0.15) is 17.4 Å². The van der Waals surface area contributed by atoms with Crippen LogP contribution in [0.25, 0.3) is 0 Å². The maximum atomic E-state index is 12.3. The summed E-state index contributed by atoms with van der Waals surface area (Å²) >= 11 is 0. The van der Waals surface area contributed by atoms with E-state index in [-0.39, 0.29) is 44.6 Å². The molecule has 0 aliphatic carbocycles. The molecule has 1 unspecified atom stereocenters. The van der Waals surface area contributed by atoms with E-state index in [0.29, 0.717) is 12.8 Å². The molecule has 1 aliphatic rings. The van der Waals surface area contributed by atoms with Gasteiger partial charge in [0.1, 0.15) is 0 Å². The molecular formula is C12H24N2O6S. The second-order valence-corrected chi connectivity index (χ2v) is 6.69. The van der Waals surface area contributed by atoms with E-state index >= 15 is 0 Å². The monoisotopic (exact) mass is 324 g/mol. The van der Waals surface area contributed by atoms with Crippen molar-refractivity contribution in [2.45, 2.75) is 25.3 Å². The van der Waals surface area contributed by atoms with Crippen LogP contribution in [0.3, 0.4) is 0 Å². The van der Waals surface area contributed by atoms with Crippen LogP contribution in [-0.2, 0) is 24.5 Å². The van der Waals surface area contributed by atoms with Gasteiger partial charge in [-0.15, -0.1) is 0 Å². The van der Waals surface area contributed by atoms with Crippen molar-refractivity contribution in [3.8, 4) is 0 Å². The number of hydrogen-bond donors (Lipinski definition) is 2. The van der Waals surface area contributed by atoms with Gasteiger partial charge in [0.05, 0.1) is 19.6 Å². The van der Waals surface area contributed by atoms with E-state index in [1.165, 1.54) is 18.5 Å². The molecule has 0 bridgehead atoms. The Labute approximate surface area is 125 Å². The highest BCUT2D eigenvalue weighted by Crippen LogP contribution is 2.20. The predicted molar refractivity (Wildman–Crippen MR) is 75.7 cm³/mol. The van der Waals surface area contributed by atoms with Gasteiger partial charge >= 0.3 is 5.97 Å². The molecule has 0 aromatic rings. The van der Waals surface area contributed by atoms with Crippen LogP contribution >= 0.6 is 0 Å². The molecule has 0 aromatic heterocycles. The smallest absolute Gasteiger partial charge is 0.308 e. The second kappa shape index (κ2) is 8.64. The molecular weight excluding hydrogens is 300 g/mol. The Morgan fingerprint density at radius 3 is 2.48 bits per heavy atom. The molecule has 0 saturated carbocycles. The maximum Gasteiger partial charge on any atom is 0.308 e. The summed E-state index contributed by atoms with van der Waals surface area (Å²) in [4.78, 5) is 11.4. The summed E-state index contributed by atoms with van der Waals surface area (Å²) in [6.45, 7) is 0.612. The molecule has 124 valence electrons. The molecule has 2 N–H and O–H groups in total. The van der Waals surface area contributed by atoms with Gasteiger partial charge in [0, 0.05) is 32.8 Å². The van der Waals surface area contributed by atoms with Crippen molar-refractivity contribution >= 4 is 16.2 Å². The quantitative estimate of drug-likeness (QED) is 0.561. The third-order valence-electron chi connectivity index (χ3n) is 3.49. The summed E-state index contributed by atoms with van der Waals surface area (Å²) in [6.07, 6.45) is 1.18. The summed E-state index contributed by atoms with van der Waals surface area (Å²) in [6, 6.07) is -0.469. The Bertz CT molecular complexity index is 413. The average Bonchev–Trinajstić information content (AvgIpc) is 2.46. The highest BCUT2D eigenvalue weighted by atomic mass is 32.2. The van der Waals surface area contributed by atoms with E-state index in [9.17, 15) is 13.2 Å². The number of nitrogens with zero attached hydrogens (tertiary/aromatic N) is 1. The predicted octanol–water partition coefficient (Wildman–Crippen LogP) is -0.897. The molecule has 1 rings (SSSR count). The molecule has 8 nitrogen and oxygen atoms in total.